The Hall–Kier alpha value is -2.64. The minimum atomic E-state index is -0.690. The van der Waals surface area contributed by atoms with Crippen LogP contribution in [0.2, 0.25) is 0 Å². The average molecular weight is 426 g/mol. The number of benzene rings is 2. The van der Waals surface area contributed by atoms with Crippen LogP contribution in [-0.4, -0.2) is 54.7 Å². The minimum Gasteiger partial charge on any atom is -0.485 e. The summed E-state index contributed by atoms with van der Waals surface area (Å²) >= 11 is 1.54. The lowest BCUT2D eigenvalue weighted by Gasteiger charge is -2.30. The van der Waals surface area contributed by atoms with E-state index in [2.05, 4.69) is 18.7 Å². The Morgan fingerprint density at radius 2 is 1.87 bits per heavy atom. The first-order valence-electron chi connectivity index (χ1n) is 10.4. The van der Waals surface area contributed by atoms with Crippen LogP contribution in [0.4, 0.5) is 5.13 Å². The summed E-state index contributed by atoms with van der Waals surface area (Å²) in [6, 6.07) is 13.6. The van der Waals surface area contributed by atoms with Crippen molar-refractivity contribution >= 4 is 32.6 Å². The Kier molecular flexibility index (Phi) is 6.20. The first-order chi connectivity index (χ1) is 14.6. The van der Waals surface area contributed by atoms with Gasteiger partial charge in [0.2, 0.25) is 6.10 Å². The van der Waals surface area contributed by atoms with Crippen molar-refractivity contribution in [2.45, 2.75) is 26.9 Å². The second-order valence-electron chi connectivity index (χ2n) is 7.30. The van der Waals surface area contributed by atoms with Gasteiger partial charge in [0.1, 0.15) is 6.61 Å². The molecule has 0 bridgehead atoms. The zero-order valence-electron chi connectivity index (χ0n) is 17.6. The number of likely N-dealkylation sites (N-methyl/N-ethyl adjacent to an activating group) is 1. The molecule has 0 radical (unpaired) electrons. The molecule has 0 fully saturated rings. The fraction of sp³-hybridized carbons (Fsp3) is 0.391. The molecule has 1 aliphatic rings. The Balaban J connectivity index is 1.62. The van der Waals surface area contributed by atoms with Crippen molar-refractivity contribution in [1.82, 2.24) is 9.88 Å². The fourth-order valence-electron chi connectivity index (χ4n) is 3.59. The van der Waals surface area contributed by atoms with Gasteiger partial charge in [-0.05, 0) is 43.8 Å². The van der Waals surface area contributed by atoms with Gasteiger partial charge in [0.05, 0.1) is 10.2 Å². The third kappa shape index (κ3) is 4.13. The van der Waals surface area contributed by atoms with Gasteiger partial charge in [-0.1, -0.05) is 49.4 Å². The van der Waals surface area contributed by atoms with Crippen molar-refractivity contribution in [2.75, 3.05) is 37.7 Å². The number of aryl methyl sites for hydroxylation is 1. The SMILES string of the molecule is CCN(CC)CCN(C(=O)[C@@H]1COc2ccccc2O1)c1nc2c(C)cccc2s1. The van der Waals surface area contributed by atoms with Crippen LogP contribution in [0.3, 0.4) is 0 Å². The van der Waals surface area contributed by atoms with Crippen molar-refractivity contribution in [3.05, 3.63) is 48.0 Å². The van der Waals surface area contributed by atoms with E-state index in [1.54, 1.807) is 16.2 Å². The van der Waals surface area contributed by atoms with E-state index in [0.29, 0.717) is 23.2 Å². The molecule has 0 aliphatic carbocycles. The number of hydrogen-bond acceptors (Lipinski definition) is 6. The van der Waals surface area contributed by atoms with Crippen LogP contribution in [0, 0.1) is 6.92 Å². The molecular weight excluding hydrogens is 398 g/mol. The average Bonchev–Trinajstić information content (AvgIpc) is 3.21. The zero-order valence-corrected chi connectivity index (χ0v) is 18.4. The number of ether oxygens (including phenoxy) is 2. The number of hydrogen-bond donors (Lipinski definition) is 0. The number of carbonyl (C=O) groups is 1. The van der Waals surface area contributed by atoms with Crippen molar-refractivity contribution in [1.29, 1.82) is 0 Å². The summed E-state index contributed by atoms with van der Waals surface area (Å²) < 4.78 is 12.9. The molecule has 1 amide bonds. The molecule has 7 heteroatoms. The lowest BCUT2D eigenvalue weighted by Crippen LogP contribution is -2.48. The number of nitrogens with zero attached hydrogens (tertiary/aromatic N) is 3. The van der Waals surface area contributed by atoms with Crippen molar-refractivity contribution in [3.8, 4) is 11.5 Å². The first-order valence-corrected chi connectivity index (χ1v) is 11.2. The Labute approximate surface area is 181 Å². The lowest BCUT2D eigenvalue weighted by molar-refractivity contribution is -0.127. The number of anilines is 1. The van der Waals surface area contributed by atoms with E-state index in [9.17, 15) is 4.79 Å². The highest BCUT2D eigenvalue weighted by molar-refractivity contribution is 7.22. The van der Waals surface area contributed by atoms with Crippen LogP contribution in [-0.2, 0) is 4.79 Å². The minimum absolute atomic E-state index is 0.117. The molecule has 1 aliphatic heterocycles. The Morgan fingerprint density at radius 3 is 2.60 bits per heavy atom. The first kappa shape index (κ1) is 20.6. The second-order valence-corrected chi connectivity index (χ2v) is 8.31. The van der Waals surface area contributed by atoms with E-state index in [1.165, 1.54) is 0 Å². The van der Waals surface area contributed by atoms with Gasteiger partial charge in [-0.25, -0.2) is 4.98 Å². The number of fused-ring (bicyclic) bond motifs is 2. The molecule has 6 nitrogen and oxygen atoms in total. The molecule has 3 aromatic rings. The van der Waals surface area contributed by atoms with Crippen LogP contribution in [0.15, 0.2) is 42.5 Å². The summed E-state index contributed by atoms with van der Waals surface area (Å²) in [5.41, 5.74) is 2.06. The molecule has 2 heterocycles. The molecule has 0 saturated heterocycles. The highest BCUT2D eigenvalue weighted by Gasteiger charge is 2.33. The fourth-order valence-corrected chi connectivity index (χ4v) is 4.66. The van der Waals surface area contributed by atoms with Crippen LogP contribution in [0.25, 0.3) is 10.2 Å². The second kappa shape index (κ2) is 9.02. The molecule has 158 valence electrons. The van der Waals surface area contributed by atoms with Gasteiger partial charge in [0.25, 0.3) is 5.91 Å². The van der Waals surface area contributed by atoms with Crippen molar-refractivity contribution < 1.29 is 14.3 Å². The van der Waals surface area contributed by atoms with E-state index >= 15 is 0 Å². The van der Waals surface area contributed by atoms with Crippen LogP contribution in [0.5, 0.6) is 11.5 Å². The molecule has 0 N–H and O–H groups in total. The van der Waals surface area contributed by atoms with E-state index in [0.717, 1.165) is 35.4 Å². The third-order valence-electron chi connectivity index (χ3n) is 5.42. The molecule has 0 saturated carbocycles. The van der Waals surface area contributed by atoms with Crippen LogP contribution < -0.4 is 14.4 Å². The van der Waals surface area contributed by atoms with E-state index < -0.39 is 6.10 Å². The van der Waals surface area contributed by atoms with E-state index in [4.69, 9.17) is 14.5 Å². The standard InChI is InChI=1S/C23H27N3O3S/c1-4-25(5-2)13-14-26(23-24-21-16(3)9-8-12-20(21)30-23)22(27)19-15-28-17-10-6-7-11-18(17)29-19/h6-12,19H,4-5,13-15H2,1-3H3/t19-/m0/s1. The van der Waals surface area contributed by atoms with Gasteiger partial charge in [0, 0.05) is 13.1 Å². The van der Waals surface area contributed by atoms with Crippen molar-refractivity contribution in [2.24, 2.45) is 0 Å². The summed E-state index contributed by atoms with van der Waals surface area (Å²) in [6.45, 7) is 9.71. The monoisotopic (exact) mass is 425 g/mol. The number of aromatic nitrogens is 1. The quantitative estimate of drug-likeness (QED) is 0.570. The van der Waals surface area contributed by atoms with Gasteiger partial charge in [0.15, 0.2) is 16.6 Å². The maximum atomic E-state index is 13.5. The highest BCUT2D eigenvalue weighted by Crippen LogP contribution is 2.34. The van der Waals surface area contributed by atoms with Gasteiger partial charge in [-0.15, -0.1) is 0 Å². The van der Waals surface area contributed by atoms with Crippen LogP contribution >= 0.6 is 11.3 Å². The van der Waals surface area contributed by atoms with E-state index in [1.807, 2.05) is 49.4 Å². The molecule has 1 atom stereocenters. The van der Waals surface area contributed by atoms with Gasteiger partial charge in [-0.3, -0.25) is 9.69 Å². The predicted molar refractivity (Wildman–Crippen MR) is 121 cm³/mol. The van der Waals surface area contributed by atoms with Gasteiger partial charge < -0.3 is 14.4 Å². The highest BCUT2D eigenvalue weighted by atomic mass is 32.1. The van der Waals surface area contributed by atoms with Gasteiger partial charge >= 0.3 is 0 Å². The summed E-state index contributed by atoms with van der Waals surface area (Å²) in [7, 11) is 0. The smallest absolute Gasteiger partial charge is 0.273 e. The van der Waals surface area contributed by atoms with Crippen molar-refractivity contribution in [3.63, 3.8) is 0 Å². The molecule has 4 rings (SSSR count). The van der Waals surface area contributed by atoms with Gasteiger partial charge in [-0.2, -0.15) is 0 Å². The van der Waals surface area contributed by atoms with Crippen LogP contribution in [0.1, 0.15) is 19.4 Å². The Bertz CT molecular complexity index is 1030. The lowest BCUT2D eigenvalue weighted by atomic mass is 10.2. The molecule has 30 heavy (non-hydrogen) atoms. The normalized spacial score (nSPS) is 15.5. The molecule has 1 aromatic heterocycles. The largest absolute Gasteiger partial charge is 0.485 e. The number of rotatable bonds is 7. The summed E-state index contributed by atoms with van der Waals surface area (Å²) in [6.07, 6.45) is -0.690. The Morgan fingerprint density at radius 1 is 1.10 bits per heavy atom. The molecule has 2 aromatic carbocycles. The maximum Gasteiger partial charge on any atom is 0.273 e. The number of para-hydroxylation sites is 3. The number of amides is 1. The molecule has 0 unspecified atom stereocenters. The third-order valence-corrected chi connectivity index (χ3v) is 6.47. The predicted octanol–water partition coefficient (Wildman–Crippen LogP) is 4.12. The maximum absolute atomic E-state index is 13.5. The number of carbonyl (C=O) groups excluding carboxylic acids is 1. The van der Waals surface area contributed by atoms with E-state index in [-0.39, 0.29) is 12.5 Å². The molecular formula is C23H27N3O3S. The summed E-state index contributed by atoms with van der Waals surface area (Å²) in [4.78, 5) is 22.4. The zero-order chi connectivity index (χ0) is 21.1. The summed E-state index contributed by atoms with van der Waals surface area (Å²) in [5.74, 6) is 1.16. The summed E-state index contributed by atoms with van der Waals surface area (Å²) in [5, 5.41) is 0.707. The number of thiazole rings is 1. The topological polar surface area (TPSA) is 54.9 Å². The molecule has 0 spiro atoms.